The average Bonchev–Trinajstić information content (AvgIpc) is 3.03. The molecule has 4 rings (SSSR count). The molecule has 116 valence electrons. The van der Waals surface area contributed by atoms with Gasteiger partial charge in [-0.3, -0.25) is 0 Å². The second-order valence-corrected chi connectivity index (χ2v) is 6.39. The molecule has 0 spiro atoms. The van der Waals surface area contributed by atoms with Crippen LogP contribution in [0.25, 0.3) is 21.9 Å². The van der Waals surface area contributed by atoms with E-state index in [-0.39, 0.29) is 13.4 Å². The smallest absolute Gasteiger partial charge is 0.231 e. The van der Waals surface area contributed by atoms with Gasteiger partial charge in [-0.15, -0.1) is 9.24 Å². The van der Waals surface area contributed by atoms with E-state index in [2.05, 4.69) is 39.6 Å². The first-order valence-corrected chi connectivity index (χ1v) is 8.08. The summed E-state index contributed by atoms with van der Waals surface area (Å²) in [5, 5.41) is 13.2. The predicted molar refractivity (Wildman–Crippen MR) is 95.5 cm³/mol. The lowest BCUT2D eigenvalue weighted by Gasteiger charge is -2.16. The van der Waals surface area contributed by atoms with E-state index in [0.29, 0.717) is 0 Å². The minimum atomic E-state index is -0.00966. The summed E-state index contributed by atoms with van der Waals surface area (Å²) in [6.07, 6.45) is 0. The van der Waals surface area contributed by atoms with Crippen molar-refractivity contribution in [3.05, 3.63) is 53.6 Å². The van der Waals surface area contributed by atoms with Crippen LogP contribution in [0.5, 0.6) is 11.5 Å². The Morgan fingerprint density at radius 2 is 1.87 bits per heavy atom. The number of aliphatic hydroxyl groups excluding tert-OH is 1. The predicted octanol–water partition coefficient (Wildman–Crippen LogP) is 3.54. The Morgan fingerprint density at radius 1 is 1.09 bits per heavy atom. The standard InChI is InChI=1S/C19H17O3P/c1-11-8-13-4-7-16-19(22-10-21-16)18(13)17(15(11)9-20)12-2-5-14(23)6-3-12/h2-8,20H,9-10,23H2,1H3. The van der Waals surface area contributed by atoms with Gasteiger partial charge >= 0.3 is 0 Å². The largest absolute Gasteiger partial charge is 0.454 e. The summed E-state index contributed by atoms with van der Waals surface area (Å²) >= 11 is 0. The van der Waals surface area contributed by atoms with Crippen LogP contribution in [0.15, 0.2) is 42.5 Å². The maximum Gasteiger partial charge on any atom is 0.231 e. The van der Waals surface area contributed by atoms with Crippen molar-refractivity contribution in [2.75, 3.05) is 6.79 Å². The van der Waals surface area contributed by atoms with E-state index in [1.807, 2.05) is 19.1 Å². The summed E-state index contributed by atoms with van der Waals surface area (Å²) in [6, 6.07) is 14.3. The summed E-state index contributed by atoms with van der Waals surface area (Å²) in [5.41, 5.74) is 4.09. The van der Waals surface area contributed by atoms with E-state index in [1.165, 1.54) is 0 Å². The van der Waals surface area contributed by atoms with E-state index in [1.54, 1.807) is 0 Å². The van der Waals surface area contributed by atoms with Crippen LogP contribution in [0, 0.1) is 6.92 Å². The van der Waals surface area contributed by atoms with Gasteiger partial charge in [0.2, 0.25) is 6.79 Å². The molecule has 1 unspecified atom stereocenters. The van der Waals surface area contributed by atoms with E-state index < -0.39 is 0 Å². The first kappa shape index (κ1) is 14.5. The SMILES string of the molecule is Cc1cc2ccc3c(c2c(-c2ccc(P)cc2)c1CO)OCO3. The quantitative estimate of drug-likeness (QED) is 0.733. The first-order chi connectivity index (χ1) is 11.2. The van der Waals surface area contributed by atoms with Gasteiger partial charge in [-0.2, -0.15) is 0 Å². The van der Waals surface area contributed by atoms with Crippen LogP contribution in [-0.4, -0.2) is 11.9 Å². The highest BCUT2D eigenvalue weighted by Crippen LogP contribution is 2.45. The number of benzene rings is 3. The van der Waals surface area contributed by atoms with Crippen molar-refractivity contribution in [3.63, 3.8) is 0 Å². The lowest BCUT2D eigenvalue weighted by molar-refractivity contribution is 0.175. The summed E-state index contributed by atoms with van der Waals surface area (Å²) < 4.78 is 11.3. The zero-order valence-electron chi connectivity index (χ0n) is 12.8. The van der Waals surface area contributed by atoms with Crippen molar-refractivity contribution in [3.8, 4) is 22.6 Å². The fourth-order valence-corrected chi connectivity index (χ4v) is 3.40. The number of aryl methyl sites for hydroxylation is 1. The maximum atomic E-state index is 9.95. The van der Waals surface area contributed by atoms with Crippen molar-refractivity contribution in [2.24, 2.45) is 0 Å². The van der Waals surface area contributed by atoms with Crippen molar-refractivity contribution in [2.45, 2.75) is 13.5 Å². The van der Waals surface area contributed by atoms with Gasteiger partial charge in [-0.1, -0.05) is 36.4 Å². The van der Waals surface area contributed by atoms with Gasteiger partial charge in [0, 0.05) is 5.39 Å². The highest BCUT2D eigenvalue weighted by molar-refractivity contribution is 7.27. The molecule has 0 amide bonds. The zero-order chi connectivity index (χ0) is 16.0. The molecule has 1 heterocycles. The Balaban J connectivity index is 2.14. The lowest BCUT2D eigenvalue weighted by Crippen LogP contribution is -1.98. The van der Waals surface area contributed by atoms with E-state index >= 15 is 0 Å². The third-order valence-corrected chi connectivity index (χ3v) is 4.71. The van der Waals surface area contributed by atoms with E-state index in [9.17, 15) is 5.11 Å². The third kappa shape index (κ3) is 2.28. The van der Waals surface area contributed by atoms with Gasteiger partial charge < -0.3 is 14.6 Å². The van der Waals surface area contributed by atoms with Gasteiger partial charge in [-0.25, -0.2) is 0 Å². The number of ether oxygens (including phenoxy) is 2. The van der Waals surface area contributed by atoms with Crippen LogP contribution < -0.4 is 14.8 Å². The summed E-state index contributed by atoms with van der Waals surface area (Å²) in [4.78, 5) is 0. The number of aliphatic hydroxyl groups is 1. The molecule has 3 aromatic carbocycles. The molecule has 0 bridgehead atoms. The molecule has 0 aliphatic carbocycles. The van der Waals surface area contributed by atoms with Crippen molar-refractivity contribution in [1.29, 1.82) is 0 Å². The van der Waals surface area contributed by atoms with Crippen LogP contribution >= 0.6 is 9.24 Å². The van der Waals surface area contributed by atoms with Gasteiger partial charge in [0.25, 0.3) is 0 Å². The molecule has 1 N–H and O–H groups in total. The van der Waals surface area contributed by atoms with Gasteiger partial charge in [0.15, 0.2) is 11.5 Å². The highest BCUT2D eigenvalue weighted by Gasteiger charge is 2.22. The number of fused-ring (bicyclic) bond motifs is 3. The molecule has 1 aliphatic rings. The van der Waals surface area contributed by atoms with Crippen molar-refractivity contribution in [1.82, 2.24) is 0 Å². The van der Waals surface area contributed by atoms with Crippen molar-refractivity contribution >= 4 is 25.3 Å². The Bertz CT molecular complexity index is 901. The van der Waals surface area contributed by atoms with Crippen molar-refractivity contribution < 1.29 is 14.6 Å². The topological polar surface area (TPSA) is 38.7 Å². The lowest BCUT2D eigenvalue weighted by atomic mass is 9.90. The van der Waals surface area contributed by atoms with Crippen LogP contribution in [0.3, 0.4) is 0 Å². The van der Waals surface area contributed by atoms with Crippen LogP contribution in [0.2, 0.25) is 0 Å². The Morgan fingerprint density at radius 3 is 2.61 bits per heavy atom. The monoisotopic (exact) mass is 324 g/mol. The van der Waals surface area contributed by atoms with Crippen LogP contribution in [0.1, 0.15) is 11.1 Å². The fourth-order valence-electron chi connectivity index (χ4n) is 3.21. The summed E-state index contributed by atoms with van der Waals surface area (Å²) in [5.74, 6) is 1.52. The minimum absolute atomic E-state index is 0.00966. The molecule has 0 fully saturated rings. The van der Waals surface area contributed by atoms with E-state index in [4.69, 9.17) is 9.47 Å². The Labute approximate surface area is 137 Å². The second kappa shape index (κ2) is 5.52. The number of hydrogen-bond acceptors (Lipinski definition) is 3. The molecule has 0 aromatic heterocycles. The molecule has 4 heteroatoms. The Hall–Kier alpha value is -2.09. The third-order valence-electron chi connectivity index (χ3n) is 4.33. The normalized spacial score (nSPS) is 12.8. The van der Waals surface area contributed by atoms with Gasteiger partial charge in [-0.05, 0) is 45.9 Å². The summed E-state index contributed by atoms with van der Waals surface area (Å²) in [6.45, 7) is 2.26. The molecular formula is C19H17O3P. The Kier molecular flexibility index (Phi) is 3.48. The van der Waals surface area contributed by atoms with Gasteiger partial charge in [0.05, 0.1) is 6.61 Å². The summed E-state index contributed by atoms with van der Waals surface area (Å²) in [7, 11) is 2.69. The average molecular weight is 324 g/mol. The molecule has 0 saturated carbocycles. The van der Waals surface area contributed by atoms with E-state index in [0.717, 1.165) is 49.8 Å². The van der Waals surface area contributed by atoms with Gasteiger partial charge in [0.1, 0.15) is 0 Å². The minimum Gasteiger partial charge on any atom is -0.454 e. The second-order valence-electron chi connectivity index (χ2n) is 5.72. The number of hydrogen-bond donors (Lipinski definition) is 1. The molecule has 23 heavy (non-hydrogen) atoms. The highest BCUT2D eigenvalue weighted by atomic mass is 31.0. The first-order valence-electron chi connectivity index (χ1n) is 7.50. The molecule has 1 aliphatic heterocycles. The maximum absolute atomic E-state index is 9.95. The fraction of sp³-hybridized carbons (Fsp3) is 0.158. The molecular weight excluding hydrogens is 307 g/mol. The van der Waals surface area contributed by atoms with Crippen LogP contribution in [-0.2, 0) is 6.61 Å². The molecule has 3 nitrogen and oxygen atoms in total. The number of rotatable bonds is 2. The zero-order valence-corrected chi connectivity index (χ0v) is 14.0. The van der Waals surface area contributed by atoms with Crippen LogP contribution in [0.4, 0.5) is 0 Å². The molecule has 0 saturated heterocycles. The molecule has 0 radical (unpaired) electrons. The molecule has 3 aromatic rings. The molecule has 1 atom stereocenters.